The van der Waals surface area contributed by atoms with Crippen LogP contribution in [0.2, 0.25) is 0 Å². The summed E-state index contributed by atoms with van der Waals surface area (Å²) in [6.07, 6.45) is -4.50. The van der Waals surface area contributed by atoms with Crippen LogP contribution in [0.1, 0.15) is 15.9 Å². The molecular formula is C18H20F3N3O. The Morgan fingerprint density at radius 1 is 1.08 bits per heavy atom. The number of benzene rings is 2. The molecule has 0 atom stereocenters. The SMILES string of the molecule is CN(C)c1ccc(N)cc1C(=O)N(Cc1ccccc1)CC(F)(F)F. The molecule has 4 nitrogen and oxygen atoms in total. The monoisotopic (exact) mass is 351 g/mol. The molecular weight excluding hydrogens is 331 g/mol. The summed E-state index contributed by atoms with van der Waals surface area (Å²) in [6, 6.07) is 13.2. The Hall–Kier alpha value is -2.70. The molecule has 2 rings (SSSR count). The van der Waals surface area contributed by atoms with E-state index in [1.165, 1.54) is 6.07 Å². The Morgan fingerprint density at radius 3 is 2.28 bits per heavy atom. The number of carbonyl (C=O) groups is 1. The van der Waals surface area contributed by atoms with E-state index in [-0.39, 0.29) is 12.1 Å². The summed E-state index contributed by atoms with van der Waals surface area (Å²) in [4.78, 5) is 15.3. The van der Waals surface area contributed by atoms with Gasteiger partial charge in [-0.3, -0.25) is 4.79 Å². The molecule has 1 amide bonds. The maximum Gasteiger partial charge on any atom is 0.406 e. The first-order valence-corrected chi connectivity index (χ1v) is 7.64. The molecule has 0 aliphatic rings. The van der Waals surface area contributed by atoms with E-state index in [2.05, 4.69) is 0 Å². The maximum atomic E-state index is 13.0. The number of halogens is 3. The van der Waals surface area contributed by atoms with E-state index in [0.717, 1.165) is 4.90 Å². The average molecular weight is 351 g/mol. The molecule has 0 aliphatic carbocycles. The van der Waals surface area contributed by atoms with E-state index in [9.17, 15) is 18.0 Å². The topological polar surface area (TPSA) is 49.6 Å². The largest absolute Gasteiger partial charge is 0.406 e. The fourth-order valence-electron chi connectivity index (χ4n) is 2.51. The van der Waals surface area contributed by atoms with Gasteiger partial charge in [0.25, 0.3) is 5.91 Å². The van der Waals surface area contributed by atoms with Gasteiger partial charge in [-0.1, -0.05) is 30.3 Å². The minimum absolute atomic E-state index is 0.138. The van der Waals surface area contributed by atoms with Gasteiger partial charge >= 0.3 is 6.18 Å². The van der Waals surface area contributed by atoms with Crippen molar-refractivity contribution in [3.05, 3.63) is 59.7 Å². The summed E-state index contributed by atoms with van der Waals surface area (Å²) in [6.45, 7) is -1.47. The summed E-state index contributed by atoms with van der Waals surface area (Å²) in [5.74, 6) is -0.711. The average Bonchev–Trinajstić information content (AvgIpc) is 2.53. The van der Waals surface area contributed by atoms with E-state index in [0.29, 0.717) is 16.9 Å². The summed E-state index contributed by atoms with van der Waals surface area (Å²) in [5.41, 5.74) is 7.33. The Bertz CT molecular complexity index is 730. The summed E-state index contributed by atoms with van der Waals surface area (Å²) < 4.78 is 39.0. The molecule has 0 heterocycles. The third-order valence-corrected chi connectivity index (χ3v) is 3.61. The van der Waals surface area contributed by atoms with Gasteiger partial charge in [0.05, 0.1) is 5.56 Å². The molecule has 2 aromatic rings. The molecule has 0 spiro atoms. The van der Waals surface area contributed by atoms with E-state index < -0.39 is 18.6 Å². The first-order chi connectivity index (χ1) is 11.7. The number of anilines is 2. The van der Waals surface area contributed by atoms with Crippen LogP contribution >= 0.6 is 0 Å². The second kappa shape index (κ2) is 7.46. The van der Waals surface area contributed by atoms with Gasteiger partial charge in [-0.15, -0.1) is 0 Å². The Labute approximate surface area is 144 Å². The van der Waals surface area contributed by atoms with Crippen molar-refractivity contribution < 1.29 is 18.0 Å². The minimum Gasteiger partial charge on any atom is -0.399 e. The van der Waals surface area contributed by atoms with Gasteiger partial charge in [0.2, 0.25) is 0 Å². The first kappa shape index (κ1) is 18.6. The van der Waals surface area contributed by atoms with Crippen molar-refractivity contribution in [2.24, 2.45) is 0 Å². The molecule has 0 saturated heterocycles. The smallest absolute Gasteiger partial charge is 0.399 e. The second-order valence-corrected chi connectivity index (χ2v) is 5.93. The zero-order valence-electron chi connectivity index (χ0n) is 14.0. The highest BCUT2D eigenvalue weighted by Crippen LogP contribution is 2.26. The molecule has 0 aromatic heterocycles. The number of amides is 1. The quantitative estimate of drug-likeness (QED) is 0.839. The highest BCUT2D eigenvalue weighted by atomic mass is 19.4. The van der Waals surface area contributed by atoms with Crippen LogP contribution in [0, 0.1) is 0 Å². The van der Waals surface area contributed by atoms with E-state index in [1.54, 1.807) is 61.5 Å². The number of hydrogen-bond acceptors (Lipinski definition) is 3. The van der Waals surface area contributed by atoms with Crippen LogP contribution in [0.3, 0.4) is 0 Å². The molecule has 0 aliphatic heterocycles. The number of rotatable bonds is 5. The summed E-state index contributed by atoms with van der Waals surface area (Å²) in [7, 11) is 3.43. The molecule has 0 saturated carbocycles. The molecule has 0 unspecified atom stereocenters. The van der Waals surface area contributed by atoms with Crippen molar-refractivity contribution in [1.82, 2.24) is 4.90 Å². The molecule has 7 heteroatoms. The zero-order chi connectivity index (χ0) is 18.6. The van der Waals surface area contributed by atoms with Crippen molar-refractivity contribution in [2.45, 2.75) is 12.7 Å². The van der Waals surface area contributed by atoms with E-state index >= 15 is 0 Å². The number of carbonyl (C=O) groups excluding carboxylic acids is 1. The number of alkyl halides is 3. The van der Waals surface area contributed by atoms with Gasteiger partial charge in [0, 0.05) is 32.0 Å². The van der Waals surface area contributed by atoms with Crippen molar-refractivity contribution >= 4 is 17.3 Å². The number of nitrogens with two attached hydrogens (primary N) is 1. The fraction of sp³-hybridized carbons (Fsp3) is 0.278. The van der Waals surface area contributed by atoms with Crippen LogP contribution in [-0.4, -0.2) is 37.6 Å². The van der Waals surface area contributed by atoms with Crippen molar-refractivity contribution in [2.75, 3.05) is 31.3 Å². The summed E-state index contributed by atoms with van der Waals surface area (Å²) >= 11 is 0. The van der Waals surface area contributed by atoms with Crippen LogP contribution in [0.15, 0.2) is 48.5 Å². The molecule has 134 valence electrons. The standard InChI is InChI=1S/C18H20F3N3O/c1-23(2)16-9-8-14(22)10-15(16)17(25)24(12-18(19,20)21)11-13-6-4-3-5-7-13/h3-10H,11-12,22H2,1-2H3. The second-order valence-electron chi connectivity index (χ2n) is 5.93. The van der Waals surface area contributed by atoms with Gasteiger partial charge in [-0.05, 0) is 23.8 Å². The lowest BCUT2D eigenvalue weighted by Gasteiger charge is -2.26. The first-order valence-electron chi connectivity index (χ1n) is 7.64. The Kier molecular flexibility index (Phi) is 5.56. The van der Waals surface area contributed by atoms with E-state index in [4.69, 9.17) is 5.73 Å². The lowest BCUT2D eigenvalue weighted by molar-refractivity contribution is -0.141. The van der Waals surface area contributed by atoms with Crippen LogP contribution in [-0.2, 0) is 6.54 Å². The lowest BCUT2D eigenvalue weighted by Crippen LogP contribution is -2.39. The molecule has 2 aromatic carbocycles. The van der Waals surface area contributed by atoms with Crippen LogP contribution in [0.5, 0.6) is 0 Å². The normalized spacial score (nSPS) is 11.2. The minimum atomic E-state index is -4.50. The highest BCUT2D eigenvalue weighted by Gasteiger charge is 2.34. The summed E-state index contributed by atoms with van der Waals surface area (Å²) in [5, 5.41) is 0. The van der Waals surface area contributed by atoms with Crippen LogP contribution in [0.4, 0.5) is 24.5 Å². The van der Waals surface area contributed by atoms with Gasteiger partial charge in [-0.2, -0.15) is 13.2 Å². The van der Waals surface area contributed by atoms with E-state index in [1.807, 2.05) is 0 Å². The third kappa shape index (κ3) is 5.14. The van der Waals surface area contributed by atoms with Crippen molar-refractivity contribution in [1.29, 1.82) is 0 Å². The highest BCUT2D eigenvalue weighted by molar-refractivity contribution is 6.00. The van der Waals surface area contributed by atoms with Crippen LogP contribution in [0.25, 0.3) is 0 Å². The van der Waals surface area contributed by atoms with Gasteiger partial charge in [-0.25, -0.2) is 0 Å². The molecule has 0 radical (unpaired) electrons. The van der Waals surface area contributed by atoms with Gasteiger partial charge < -0.3 is 15.5 Å². The number of nitrogen functional groups attached to an aromatic ring is 1. The zero-order valence-corrected chi connectivity index (χ0v) is 14.0. The third-order valence-electron chi connectivity index (χ3n) is 3.61. The predicted octanol–water partition coefficient (Wildman–Crippen LogP) is 3.54. The lowest BCUT2D eigenvalue weighted by atomic mass is 10.1. The number of hydrogen-bond donors (Lipinski definition) is 1. The predicted molar refractivity (Wildman–Crippen MR) is 92.4 cm³/mol. The Morgan fingerprint density at radius 2 is 1.72 bits per heavy atom. The van der Waals surface area contributed by atoms with Gasteiger partial charge in [0.1, 0.15) is 6.54 Å². The van der Waals surface area contributed by atoms with Gasteiger partial charge in [0.15, 0.2) is 0 Å². The molecule has 0 bridgehead atoms. The van der Waals surface area contributed by atoms with Crippen LogP contribution < -0.4 is 10.6 Å². The maximum absolute atomic E-state index is 13.0. The molecule has 2 N–H and O–H groups in total. The molecule has 25 heavy (non-hydrogen) atoms. The molecule has 0 fully saturated rings. The van der Waals surface area contributed by atoms with Crippen molar-refractivity contribution in [3.63, 3.8) is 0 Å². The Balaban J connectivity index is 2.40. The fourth-order valence-corrected chi connectivity index (χ4v) is 2.51. The van der Waals surface area contributed by atoms with Crippen molar-refractivity contribution in [3.8, 4) is 0 Å². The number of nitrogens with zero attached hydrogens (tertiary/aromatic N) is 2.